The summed E-state index contributed by atoms with van der Waals surface area (Å²) in [5.74, 6) is 0.604. The van der Waals surface area contributed by atoms with Gasteiger partial charge in [-0.25, -0.2) is 0 Å². The van der Waals surface area contributed by atoms with Crippen LogP contribution in [0.3, 0.4) is 0 Å². The number of carbonyl (C=O) groups is 1. The Labute approximate surface area is 113 Å². The second-order valence-corrected chi connectivity index (χ2v) is 5.79. The van der Waals surface area contributed by atoms with Crippen LogP contribution in [-0.4, -0.2) is 53.6 Å². The number of rotatable bonds is 4. The minimum atomic E-state index is -0.707. The van der Waals surface area contributed by atoms with Crippen LogP contribution in [0.5, 0.6) is 0 Å². The van der Waals surface area contributed by atoms with Gasteiger partial charge in [-0.1, -0.05) is 30.3 Å². The molecule has 1 aromatic rings. The highest BCUT2D eigenvalue weighted by Gasteiger charge is 2.40. The summed E-state index contributed by atoms with van der Waals surface area (Å²) in [5, 5.41) is 8.83. The highest BCUT2D eigenvalue weighted by atomic mass is 16.4. The molecule has 2 saturated heterocycles. The average Bonchev–Trinajstić information content (AvgIpc) is 2.87. The lowest BCUT2D eigenvalue weighted by Gasteiger charge is -2.20. The Morgan fingerprint density at radius 1 is 1.05 bits per heavy atom. The number of aliphatic carboxylic acids is 1. The van der Waals surface area contributed by atoms with E-state index in [2.05, 4.69) is 34.1 Å². The Morgan fingerprint density at radius 2 is 1.63 bits per heavy atom. The lowest BCUT2D eigenvalue weighted by Crippen LogP contribution is -2.32. The van der Waals surface area contributed by atoms with E-state index in [0.717, 1.165) is 32.7 Å². The molecule has 0 amide bonds. The van der Waals surface area contributed by atoms with Crippen molar-refractivity contribution in [2.45, 2.75) is 6.54 Å². The van der Waals surface area contributed by atoms with E-state index in [4.69, 9.17) is 5.11 Å². The molecule has 0 aromatic heterocycles. The summed E-state index contributed by atoms with van der Waals surface area (Å²) in [7, 11) is 0. The monoisotopic (exact) mass is 260 g/mol. The van der Waals surface area contributed by atoms with Gasteiger partial charge in [0.25, 0.3) is 0 Å². The van der Waals surface area contributed by atoms with Crippen molar-refractivity contribution >= 4 is 5.97 Å². The van der Waals surface area contributed by atoms with Gasteiger partial charge in [0.15, 0.2) is 0 Å². The van der Waals surface area contributed by atoms with Gasteiger partial charge in [-0.05, 0) is 17.4 Å². The van der Waals surface area contributed by atoms with E-state index in [1.165, 1.54) is 5.56 Å². The van der Waals surface area contributed by atoms with E-state index < -0.39 is 5.97 Å². The molecule has 4 nitrogen and oxygen atoms in total. The van der Waals surface area contributed by atoms with Gasteiger partial charge in [0.05, 0.1) is 6.54 Å². The quantitative estimate of drug-likeness (QED) is 0.881. The summed E-state index contributed by atoms with van der Waals surface area (Å²) >= 11 is 0. The third kappa shape index (κ3) is 2.96. The molecule has 0 aliphatic carbocycles. The predicted molar refractivity (Wildman–Crippen MR) is 72.8 cm³/mol. The van der Waals surface area contributed by atoms with Crippen molar-refractivity contribution in [3.8, 4) is 0 Å². The molecule has 0 saturated carbocycles. The first-order chi connectivity index (χ1) is 9.20. The molecule has 2 fully saturated rings. The smallest absolute Gasteiger partial charge is 0.317 e. The molecule has 2 heterocycles. The van der Waals surface area contributed by atoms with Crippen LogP contribution >= 0.6 is 0 Å². The highest BCUT2D eigenvalue weighted by molar-refractivity contribution is 5.69. The van der Waals surface area contributed by atoms with Crippen LogP contribution in [-0.2, 0) is 11.3 Å². The number of carboxylic acid groups (broad SMARTS) is 1. The van der Waals surface area contributed by atoms with Gasteiger partial charge in [0.2, 0.25) is 0 Å². The number of carboxylic acids is 1. The van der Waals surface area contributed by atoms with Gasteiger partial charge < -0.3 is 5.11 Å². The van der Waals surface area contributed by atoms with E-state index in [1.807, 2.05) is 6.07 Å². The van der Waals surface area contributed by atoms with Gasteiger partial charge in [-0.15, -0.1) is 0 Å². The number of nitrogens with zero attached hydrogens (tertiary/aromatic N) is 2. The fourth-order valence-electron chi connectivity index (χ4n) is 3.48. The van der Waals surface area contributed by atoms with Crippen molar-refractivity contribution < 1.29 is 9.90 Å². The number of hydrogen-bond acceptors (Lipinski definition) is 3. The molecule has 0 radical (unpaired) electrons. The van der Waals surface area contributed by atoms with Crippen molar-refractivity contribution in [3.63, 3.8) is 0 Å². The second-order valence-electron chi connectivity index (χ2n) is 5.79. The average molecular weight is 260 g/mol. The van der Waals surface area contributed by atoms with Crippen molar-refractivity contribution in [1.82, 2.24) is 9.80 Å². The van der Waals surface area contributed by atoms with Crippen molar-refractivity contribution in [1.29, 1.82) is 0 Å². The van der Waals surface area contributed by atoms with E-state index in [9.17, 15) is 4.79 Å². The van der Waals surface area contributed by atoms with Crippen LogP contribution in [0, 0.1) is 11.8 Å². The summed E-state index contributed by atoms with van der Waals surface area (Å²) in [5.41, 5.74) is 1.37. The van der Waals surface area contributed by atoms with Crippen molar-refractivity contribution in [2.24, 2.45) is 11.8 Å². The first kappa shape index (κ1) is 12.6. The molecule has 2 aliphatic rings. The maximum absolute atomic E-state index is 10.7. The number of benzene rings is 1. The maximum Gasteiger partial charge on any atom is 0.317 e. The fraction of sp³-hybridized carbons (Fsp3) is 0.533. The van der Waals surface area contributed by atoms with E-state index in [-0.39, 0.29) is 6.54 Å². The third-order valence-corrected chi connectivity index (χ3v) is 4.25. The van der Waals surface area contributed by atoms with E-state index in [1.54, 1.807) is 0 Å². The zero-order valence-corrected chi connectivity index (χ0v) is 11.0. The molecule has 102 valence electrons. The number of hydrogen-bond donors (Lipinski definition) is 1. The molecule has 1 aromatic carbocycles. The van der Waals surface area contributed by atoms with Crippen LogP contribution in [0.1, 0.15) is 5.56 Å². The van der Waals surface area contributed by atoms with E-state index in [0.29, 0.717) is 11.8 Å². The van der Waals surface area contributed by atoms with Crippen molar-refractivity contribution in [3.05, 3.63) is 35.9 Å². The Kier molecular flexibility index (Phi) is 3.53. The van der Waals surface area contributed by atoms with Gasteiger partial charge in [0, 0.05) is 32.7 Å². The zero-order chi connectivity index (χ0) is 13.2. The Balaban J connectivity index is 1.52. The van der Waals surface area contributed by atoms with Crippen LogP contribution in [0.15, 0.2) is 30.3 Å². The van der Waals surface area contributed by atoms with Crippen LogP contribution in [0.2, 0.25) is 0 Å². The number of likely N-dealkylation sites (tertiary alicyclic amines) is 2. The second kappa shape index (κ2) is 5.31. The van der Waals surface area contributed by atoms with Crippen LogP contribution in [0.4, 0.5) is 0 Å². The van der Waals surface area contributed by atoms with Crippen LogP contribution < -0.4 is 0 Å². The minimum absolute atomic E-state index is 0.200. The Hall–Kier alpha value is -1.39. The normalized spacial score (nSPS) is 27.6. The highest BCUT2D eigenvalue weighted by Crippen LogP contribution is 2.31. The SMILES string of the molecule is O=C(O)CN1C[C@@H]2CN(Cc3ccccc3)C[C@@H]2C1. The third-order valence-electron chi connectivity index (χ3n) is 4.25. The molecular formula is C15H20N2O2. The molecule has 1 N–H and O–H groups in total. The lowest BCUT2D eigenvalue weighted by atomic mass is 10.0. The molecule has 0 bridgehead atoms. The minimum Gasteiger partial charge on any atom is -0.480 e. The molecule has 0 unspecified atom stereocenters. The maximum atomic E-state index is 10.7. The Bertz CT molecular complexity index is 435. The summed E-state index contributed by atoms with van der Waals surface area (Å²) in [6.45, 7) is 5.33. The molecule has 2 aliphatic heterocycles. The lowest BCUT2D eigenvalue weighted by molar-refractivity contribution is -0.138. The van der Waals surface area contributed by atoms with Gasteiger partial charge in [-0.2, -0.15) is 0 Å². The first-order valence-electron chi connectivity index (χ1n) is 6.91. The molecule has 19 heavy (non-hydrogen) atoms. The Morgan fingerprint density at radius 3 is 2.21 bits per heavy atom. The predicted octanol–water partition coefficient (Wildman–Crippen LogP) is 1.13. The van der Waals surface area contributed by atoms with E-state index >= 15 is 0 Å². The molecular weight excluding hydrogens is 240 g/mol. The van der Waals surface area contributed by atoms with Crippen molar-refractivity contribution in [2.75, 3.05) is 32.7 Å². The first-order valence-corrected chi connectivity index (χ1v) is 6.91. The molecule has 2 atom stereocenters. The topological polar surface area (TPSA) is 43.8 Å². The van der Waals surface area contributed by atoms with Gasteiger partial charge >= 0.3 is 5.97 Å². The fourth-order valence-corrected chi connectivity index (χ4v) is 3.48. The zero-order valence-electron chi connectivity index (χ0n) is 11.0. The molecule has 0 spiro atoms. The summed E-state index contributed by atoms with van der Waals surface area (Å²) in [6, 6.07) is 10.6. The summed E-state index contributed by atoms with van der Waals surface area (Å²) in [6.07, 6.45) is 0. The summed E-state index contributed by atoms with van der Waals surface area (Å²) < 4.78 is 0. The van der Waals surface area contributed by atoms with Gasteiger partial charge in [0.1, 0.15) is 0 Å². The molecule has 3 rings (SSSR count). The van der Waals surface area contributed by atoms with Gasteiger partial charge in [-0.3, -0.25) is 14.6 Å². The molecule has 4 heteroatoms. The summed E-state index contributed by atoms with van der Waals surface area (Å²) in [4.78, 5) is 15.3. The number of fused-ring (bicyclic) bond motifs is 1. The largest absolute Gasteiger partial charge is 0.480 e. The standard InChI is InChI=1S/C15H20N2O2/c18-15(19)11-17-9-13-7-16(8-14(13)10-17)6-12-4-2-1-3-5-12/h1-5,13-14H,6-11H2,(H,18,19)/t13-,14+. The van der Waals surface area contributed by atoms with Crippen LogP contribution in [0.25, 0.3) is 0 Å².